The van der Waals surface area contributed by atoms with Crippen LogP contribution in [0.5, 0.6) is 0 Å². The van der Waals surface area contributed by atoms with Gasteiger partial charge in [0.2, 0.25) is 0 Å². The Balaban J connectivity index is 0.000000480. The van der Waals surface area contributed by atoms with Crippen LogP contribution in [0.4, 0.5) is 0 Å². The van der Waals surface area contributed by atoms with Crippen molar-refractivity contribution in [3.05, 3.63) is 0 Å². The third-order valence-electron chi connectivity index (χ3n) is 3.20. The highest BCUT2D eigenvalue weighted by molar-refractivity contribution is 8.93. The number of morpholine rings is 1. The number of nitrogens with one attached hydrogen (secondary N) is 1. The second-order valence-electron chi connectivity index (χ2n) is 3.75. The molecule has 3 heterocycles. The SMILES string of the molecule is Br.C1CC2NC1C1CCC2O1. The molecule has 3 fully saturated rings. The van der Waals surface area contributed by atoms with E-state index in [-0.39, 0.29) is 17.0 Å². The third-order valence-corrected chi connectivity index (χ3v) is 3.20. The van der Waals surface area contributed by atoms with Crippen molar-refractivity contribution >= 4 is 17.0 Å². The van der Waals surface area contributed by atoms with Gasteiger partial charge in [0.1, 0.15) is 0 Å². The summed E-state index contributed by atoms with van der Waals surface area (Å²) in [5.74, 6) is 0. The first-order valence-corrected chi connectivity index (χ1v) is 4.35. The highest BCUT2D eigenvalue weighted by Gasteiger charge is 2.45. The highest BCUT2D eigenvalue weighted by atomic mass is 79.9. The summed E-state index contributed by atoms with van der Waals surface area (Å²) in [6, 6.07) is 1.42. The molecular weight excluding hydrogens is 206 g/mol. The Morgan fingerprint density at radius 2 is 1.45 bits per heavy atom. The van der Waals surface area contributed by atoms with E-state index in [0.29, 0.717) is 24.3 Å². The van der Waals surface area contributed by atoms with E-state index in [9.17, 15) is 0 Å². The maximum atomic E-state index is 5.82. The van der Waals surface area contributed by atoms with Gasteiger partial charge in [-0.25, -0.2) is 0 Å². The molecule has 0 aromatic rings. The molecule has 3 rings (SSSR count). The smallest absolute Gasteiger partial charge is 0.0733 e. The molecule has 3 heteroatoms. The van der Waals surface area contributed by atoms with E-state index in [1.165, 1.54) is 25.7 Å². The Hall–Kier alpha value is 0.400. The molecule has 3 aliphatic heterocycles. The Labute approximate surface area is 77.5 Å². The summed E-state index contributed by atoms with van der Waals surface area (Å²) in [4.78, 5) is 0. The van der Waals surface area contributed by atoms with Crippen LogP contribution in [0.15, 0.2) is 0 Å². The summed E-state index contributed by atoms with van der Waals surface area (Å²) in [5.41, 5.74) is 0. The summed E-state index contributed by atoms with van der Waals surface area (Å²) in [6.07, 6.45) is 6.46. The average Bonchev–Trinajstić information content (AvgIpc) is 2.41. The minimum Gasteiger partial charge on any atom is -0.372 e. The number of ether oxygens (including phenoxy) is 1. The summed E-state index contributed by atoms with van der Waals surface area (Å²) in [5, 5.41) is 3.63. The molecule has 11 heavy (non-hydrogen) atoms. The zero-order chi connectivity index (χ0) is 6.55. The summed E-state index contributed by atoms with van der Waals surface area (Å²) in [6.45, 7) is 0. The van der Waals surface area contributed by atoms with Gasteiger partial charge in [-0.05, 0) is 25.7 Å². The van der Waals surface area contributed by atoms with Gasteiger partial charge in [-0.15, -0.1) is 17.0 Å². The first kappa shape index (κ1) is 8.02. The molecule has 0 aromatic heterocycles. The molecule has 1 N–H and O–H groups in total. The Morgan fingerprint density at radius 3 is 2.00 bits per heavy atom. The van der Waals surface area contributed by atoms with Gasteiger partial charge in [-0.3, -0.25) is 0 Å². The predicted octanol–water partition coefficient (Wildman–Crippen LogP) is 1.25. The van der Waals surface area contributed by atoms with Crippen LogP contribution in [0.3, 0.4) is 0 Å². The Morgan fingerprint density at radius 1 is 0.909 bits per heavy atom. The number of hydrogen-bond donors (Lipinski definition) is 1. The lowest BCUT2D eigenvalue weighted by Crippen LogP contribution is -2.47. The second kappa shape index (κ2) is 2.71. The van der Waals surface area contributed by atoms with Crippen molar-refractivity contribution in [1.29, 1.82) is 0 Å². The predicted molar refractivity (Wildman–Crippen MR) is 48.2 cm³/mol. The summed E-state index contributed by atoms with van der Waals surface area (Å²) >= 11 is 0. The van der Waals surface area contributed by atoms with E-state index in [4.69, 9.17) is 4.74 Å². The van der Waals surface area contributed by atoms with Crippen molar-refractivity contribution in [2.45, 2.75) is 50.0 Å². The Kier molecular flexibility index (Phi) is 1.98. The normalized spacial score (nSPS) is 52.4. The van der Waals surface area contributed by atoms with Crippen LogP contribution in [0.1, 0.15) is 25.7 Å². The fraction of sp³-hybridized carbons (Fsp3) is 1.00. The molecule has 2 nitrogen and oxygen atoms in total. The van der Waals surface area contributed by atoms with Crippen molar-refractivity contribution in [2.24, 2.45) is 0 Å². The van der Waals surface area contributed by atoms with Crippen LogP contribution in [0.25, 0.3) is 0 Å². The average molecular weight is 220 g/mol. The van der Waals surface area contributed by atoms with Crippen molar-refractivity contribution < 1.29 is 4.74 Å². The molecule has 3 aliphatic rings. The van der Waals surface area contributed by atoms with Crippen LogP contribution in [-0.2, 0) is 4.74 Å². The topological polar surface area (TPSA) is 21.3 Å². The van der Waals surface area contributed by atoms with Gasteiger partial charge in [-0.1, -0.05) is 0 Å². The molecular formula is C8H14BrNO. The number of rotatable bonds is 0. The van der Waals surface area contributed by atoms with Crippen molar-refractivity contribution in [3.8, 4) is 0 Å². The van der Waals surface area contributed by atoms with Gasteiger partial charge in [0.15, 0.2) is 0 Å². The Bertz CT molecular complexity index is 130. The van der Waals surface area contributed by atoms with Gasteiger partial charge >= 0.3 is 0 Å². The number of halogens is 1. The van der Waals surface area contributed by atoms with Crippen LogP contribution in [0.2, 0.25) is 0 Å². The van der Waals surface area contributed by atoms with Crippen molar-refractivity contribution in [3.63, 3.8) is 0 Å². The van der Waals surface area contributed by atoms with E-state index in [0.717, 1.165) is 0 Å². The molecule has 0 spiro atoms. The highest BCUT2D eigenvalue weighted by Crippen LogP contribution is 2.37. The molecule has 0 aliphatic carbocycles. The maximum absolute atomic E-state index is 5.82. The van der Waals surface area contributed by atoms with Crippen LogP contribution in [0, 0.1) is 0 Å². The van der Waals surface area contributed by atoms with Crippen molar-refractivity contribution in [2.75, 3.05) is 0 Å². The first-order chi connectivity index (χ1) is 4.93. The monoisotopic (exact) mass is 219 g/mol. The van der Waals surface area contributed by atoms with Gasteiger partial charge in [0, 0.05) is 12.1 Å². The zero-order valence-corrected chi connectivity index (χ0v) is 8.17. The quantitative estimate of drug-likeness (QED) is 0.663. The lowest BCUT2D eigenvalue weighted by Gasteiger charge is -2.28. The van der Waals surface area contributed by atoms with Crippen LogP contribution < -0.4 is 5.32 Å². The molecule has 0 saturated carbocycles. The lowest BCUT2D eigenvalue weighted by atomic mass is 10.0. The first-order valence-electron chi connectivity index (χ1n) is 4.35. The van der Waals surface area contributed by atoms with Gasteiger partial charge < -0.3 is 10.1 Å². The lowest BCUT2D eigenvalue weighted by molar-refractivity contribution is -0.0148. The van der Waals surface area contributed by atoms with E-state index >= 15 is 0 Å². The zero-order valence-electron chi connectivity index (χ0n) is 6.45. The molecule has 4 unspecified atom stereocenters. The van der Waals surface area contributed by atoms with Crippen LogP contribution in [-0.4, -0.2) is 24.3 Å². The van der Waals surface area contributed by atoms with Gasteiger partial charge in [-0.2, -0.15) is 0 Å². The molecule has 0 amide bonds. The second-order valence-corrected chi connectivity index (χ2v) is 3.75. The third kappa shape index (κ3) is 1.05. The molecule has 0 radical (unpaired) electrons. The standard InChI is InChI=1S/C8H13NO.BrH/c1-2-6-8-4-3-7(10-8)5(1)9-6;/h5-9H,1-4H2;1H. The van der Waals surface area contributed by atoms with E-state index < -0.39 is 0 Å². The van der Waals surface area contributed by atoms with Gasteiger partial charge in [0.05, 0.1) is 12.2 Å². The maximum Gasteiger partial charge on any atom is 0.0733 e. The van der Waals surface area contributed by atoms with Gasteiger partial charge in [0.25, 0.3) is 0 Å². The van der Waals surface area contributed by atoms with Crippen molar-refractivity contribution in [1.82, 2.24) is 5.32 Å². The molecule has 4 bridgehead atoms. The fourth-order valence-corrected chi connectivity index (χ4v) is 2.67. The number of hydrogen-bond acceptors (Lipinski definition) is 2. The largest absolute Gasteiger partial charge is 0.372 e. The molecule has 3 saturated heterocycles. The fourth-order valence-electron chi connectivity index (χ4n) is 2.67. The summed E-state index contributed by atoms with van der Waals surface area (Å²) in [7, 11) is 0. The van der Waals surface area contributed by atoms with E-state index in [1.807, 2.05) is 0 Å². The van der Waals surface area contributed by atoms with E-state index in [2.05, 4.69) is 5.32 Å². The summed E-state index contributed by atoms with van der Waals surface area (Å²) < 4.78 is 5.82. The van der Waals surface area contributed by atoms with E-state index in [1.54, 1.807) is 0 Å². The minimum atomic E-state index is 0. The van der Waals surface area contributed by atoms with Crippen LogP contribution >= 0.6 is 17.0 Å². The molecule has 0 aromatic carbocycles. The number of fused-ring (bicyclic) bond motifs is 6. The molecule has 64 valence electrons. The molecule has 4 atom stereocenters. The minimum absolute atomic E-state index is 0.